The standard InChI is InChI=1S/C27H21ClN2O2/c28-23-6-2-1-4-21(23)27(19-13-14-19)26(20-5-3-7-24-22(20)16-29-30-24)18-11-8-17(9-12-18)10-15-25(31)32/h1-12,15-16,19H,13-14H2,(H,29,30)(H,31,32)/b15-10+,27-26+. The number of hydrogen-bond acceptors (Lipinski definition) is 2. The van der Waals surface area contributed by atoms with E-state index in [2.05, 4.69) is 34.5 Å². The van der Waals surface area contributed by atoms with Crippen molar-refractivity contribution >= 4 is 45.7 Å². The number of aromatic amines is 1. The molecule has 1 aliphatic carbocycles. The molecule has 0 atom stereocenters. The molecule has 0 bridgehead atoms. The van der Waals surface area contributed by atoms with Crippen LogP contribution >= 0.6 is 11.6 Å². The van der Waals surface area contributed by atoms with Crippen LogP contribution < -0.4 is 0 Å². The number of nitrogens with one attached hydrogen (secondary N) is 1. The minimum absolute atomic E-state index is 0.443. The van der Waals surface area contributed by atoms with Gasteiger partial charge in [0.05, 0.1) is 11.7 Å². The van der Waals surface area contributed by atoms with Gasteiger partial charge in [-0.25, -0.2) is 4.79 Å². The molecule has 0 saturated heterocycles. The SMILES string of the molecule is O=C(O)/C=C/c1ccc(/C(=C(\c2ccccc2Cl)C2CC2)c2cccc3[nH]ncc23)cc1. The monoisotopic (exact) mass is 440 g/mol. The third-order valence-electron chi connectivity index (χ3n) is 5.79. The second kappa shape index (κ2) is 8.48. The van der Waals surface area contributed by atoms with Crippen LogP contribution in [0.4, 0.5) is 0 Å². The van der Waals surface area contributed by atoms with Gasteiger partial charge in [0.15, 0.2) is 0 Å². The maximum absolute atomic E-state index is 10.9. The lowest BCUT2D eigenvalue weighted by molar-refractivity contribution is -0.131. The molecule has 0 radical (unpaired) electrons. The Kier molecular flexibility index (Phi) is 5.38. The molecule has 1 aliphatic rings. The highest BCUT2D eigenvalue weighted by molar-refractivity contribution is 6.33. The van der Waals surface area contributed by atoms with Crippen LogP contribution in [-0.4, -0.2) is 21.3 Å². The molecule has 1 saturated carbocycles. The minimum Gasteiger partial charge on any atom is -0.478 e. The predicted octanol–water partition coefficient (Wildman–Crippen LogP) is 6.68. The number of fused-ring (bicyclic) bond motifs is 1. The van der Waals surface area contributed by atoms with Crippen molar-refractivity contribution in [3.8, 4) is 0 Å². The number of H-pyrrole nitrogens is 1. The highest BCUT2D eigenvalue weighted by atomic mass is 35.5. The summed E-state index contributed by atoms with van der Waals surface area (Å²) < 4.78 is 0. The summed E-state index contributed by atoms with van der Waals surface area (Å²) in [4.78, 5) is 10.9. The molecule has 5 rings (SSSR count). The largest absolute Gasteiger partial charge is 0.478 e. The van der Waals surface area contributed by atoms with Gasteiger partial charge < -0.3 is 5.11 Å². The fraction of sp³-hybridized carbons (Fsp3) is 0.111. The van der Waals surface area contributed by atoms with E-state index in [-0.39, 0.29) is 0 Å². The number of benzene rings is 3. The molecule has 4 nitrogen and oxygen atoms in total. The average Bonchev–Trinajstić information content (AvgIpc) is 3.52. The summed E-state index contributed by atoms with van der Waals surface area (Å²) in [6, 6.07) is 22.2. The highest BCUT2D eigenvalue weighted by Gasteiger charge is 2.32. The van der Waals surface area contributed by atoms with E-state index in [0.29, 0.717) is 5.92 Å². The first-order valence-corrected chi connectivity index (χ1v) is 10.9. The van der Waals surface area contributed by atoms with Gasteiger partial charge >= 0.3 is 5.97 Å². The average molecular weight is 441 g/mol. The highest BCUT2D eigenvalue weighted by Crippen LogP contribution is 2.49. The zero-order chi connectivity index (χ0) is 22.1. The van der Waals surface area contributed by atoms with E-state index >= 15 is 0 Å². The van der Waals surface area contributed by atoms with Crippen molar-refractivity contribution in [1.29, 1.82) is 0 Å². The Morgan fingerprint density at radius 3 is 2.47 bits per heavy atom. The van der Waals surface area contributed by atoms with E-state index in [4.69, 9.17) is 16.7 Å². The smallest absolute Gasteiger partial charge is 0.328 e. The first-order chi connectivity index (χ1) is 15.6. The van der Waals surface area contributed by atoms with Gasteiger partial charge in [-0.1, -0.05) is 66.2 Å². The number of rotatable bonds is 6. The first-order valence-electron chi connectivity index (χ1n) is 10.5. The number of allylic oxidation sites excluding steroid dienone is 1. The van der Waals surface area contributed by atoms with E-state index in [0.717, 1.165) is 62.7 Å². The molecule has 1 aromatic heterocycles. The Balaban J connectivity index is 1.77. The molecule has 4 aromatic rings. The van der Waals surface area contributed by atoms with Crippen LogP contribution in [0.2, 0.25) is 5.02 Å². The summed E-state index contributed by atoms with van der Waals surface area (Å²) in [7, 11) is 0. The van der Waals surface area contributed by atoms with Crippen molar-refractivity contribution in [2.24, 2.45) is 5.92 Å². The number of aliphatic carboxylic acids is 1. The number of nitrogens with zero attached hydrogens (tertiary/aromatic N) is 1. The Bertz CT molecular complexity index is 1360. The first kappa shape index (κ1) is 20.3. The predicted molar refractivity (Wildman–Crippen MR) is 129 cm³/mol. The van der Waals surface area contributed by atoms with Crippen LogP contribution in [-0.2, 0) is 4.79 Å². The minimum atomic E-state index is -0.962. The van der Waals surface area contributed by atoms with Gasteiger partial charge in [0.25, 0.3) is 0 Å². The van der Waals surface area contributed by atoms with E-state index in [1.54, 1.807) is 6.08 Å². The van der Waals surface area contributed by atoms with Crippen LogP contribution in [0.1, 0.15) is 35.1 Å². The second-order valence-electron chi connectivity index (χ2n) is 7.97. The molecule has 5 heteroatoms. The Hall–Kier alpha value is -3.63. The van der Waals surface area contributed by atoms with Crippen molar-refractivity contribution in [1.82, 2.24) is 10.2 Å². The maximum atomic E-state index is 10.9. The summed E-state index contributed by atoms with van der Waals surface area (Å²) in [5, 5.41) is 18.1. The van der Waals surface area contributed by atoms with Crippen LogP contribution in [0.15, 0.2) is 79.0 Å². The Morgan fingerprint density at radius 1 is 1.00 bits per heavy atom. The lowest BCUT2D eigenvalue weighted by Gasteiger charge is -2.19. The third-order valence-corrected chi connectivity index (χ3v) is 6.12. The number of halogens is 1. The van der Waals surface area contributed by atoms with Gasteiger partial charge in [0, 0.05) is 16.5 Å². The van der Waals surface area contributed by atoms with E-state index in [9.17, 15) is 4.79 Å². The summed E-state index contributed by atoms with van der Waals surface area (Å²) in [6.45, 7) is 0. The molecule has 1 fully saturated rings. The molecule has 1 heterocycles. The van der Waals surface area contributed by atoms with Crippen molar-refractivity contribution in [3.05, 3.63) is 106 Å². The second-order valence-corrected chi connectivity index (χ2v) is 8.38. The quantitative estimate of drug-likeness (QED) is 0.259. The number of hydrogen-bond donors (Lipinski definition) is 2. The third kappa shape index (κ3) is 3.97. The lowest BCUT2D eigenvalue weighted by Crippen LogP contribution is -1.99. The molecule has 158 valence electrons. The normalized spacial score (nSPS) is 14.7. The lowest BCUT2D eigenvalue weighted by atomic mass is 9.85. The van der Waals surface area contributed by atoms with Crippen LogP contribution in [0, 0.1) is 5.92 Å². The van der Waals surface area contributed by atoms with Gasteiger partial charge in [-0.2, -0.15) is 5.10 Å². The number of carboxylic acid groups (broad SMARTS) is 1. The number of aromatic nitrogens is 2. The topological polar surface area (TPSA) is 66.0 Å². The molecule has 32 heavy (non-hydrogen) atoms. The van der Waals surface area contributed by atoms with Crippen molar-refractivity contribution < 1.29 is 9.90 Å². The molecule has 0 amide bonds. The van der Waals surface area contributed by atoms with Gasteiger partial charge in [0.1, 0.15) is 0 Å². The Morgan fingerprint density at radius 2 is 1.75 bits per heavy atom. The van der Waals surface area contributed by atoms with E-state index < -0.39 is 5.97 Å². The summed E-state index contributed by atoms with van der Waals surface area (Å²) in [5.74, 6) is -0.519. The van der Waals surface area contributed by atoms with Crippen molar-refractivity contribution in [2.75, 3.05) is 0 Å². The van der Waals surface area contributed by atoms with Crippen molar-refractivity contribution in [2.45, 2.75) is 12.8 Å². The number of carbonyl (C=O) groups is 1. The number of carboxylic acids is 1. The Labute approximate surface area is 190 Å². The molecule has 3 aromatic carbocycles. The fourth-order valence-electron chi connectivity index (χ4n) is 4.18. The molecular weight excluding hydrogens is 420 g/mol. The molecule has 0 unspecified atom stereocenters. The van der Waals surface area contributed by atoms with Gasteiger partial charge in [-0.05, 0) is 70.4 Å². The van der Waals surface area contributed by atoms with Gasteiger partial charge in [-0.3, -0.25) is 5.10 Å². The summed E-state index contributed by atoms with van der Waals surface area (Å²) in [5.41, 5.74) is 7.43. The zero-order valence-corrected chi connectivity index (χ0v) is 18.0. The molecule has 2 N–H and O–H groups in total. The van der Waals surface area contributed by atoms with Crippen LogP contribution in [0.3, 0.4) is 0 Å². The van der Waals surface area contributed by atoms with Crippen LogP contribution in [0.25, 0.3) is 28.1 Å². The fourth-order valence-corrected chi connectivity index (χ4v) is 4.42. The maximum Gasteiger partial charge on any atom is 0.328 e. The summed E-state index contributed by atoms with van der Waals surface area (Å²) in [6.07, 6.45) is 6.88. The molecular formula is C27H21ClN2O2. The van der Waals surface area contributed by atoms with Crippen molar-refractivity contribution in [3.63, 3.8) is 0 Å². The van der Waals surface area contributed by atoms with Gasteiger partial charge in [-0.15, -0.1) is 0 Å². The zero-order valence-electron chi connectivity index (χ0n) is 17.3. The van der Waals surface area contributed by atoms with Crippen LogP contribution in [0.5, 0.6) is 0 Å². The summed E-state index contributed by atoms with van der Waals surface area (Å²) >= 11 is 6.69. The molecule has 0 spiro atoms. The van der Waals surface area contributed by atoms with E-state index in [1.165, 1.54) is 5.57 Å². The van der Waals surface area contributed by atoms with Gasteiger partial charge in [0.2, 0.25) is 0 Å². The molecule has 0 aliphatic heterocycles. The van der Waals surface area contributed by atoms with E-state index in [1.807, 2.05) is 48.7 Å².